The molecular weight excluding hydrogens is 651 g/mol. The molecule has 0 spiro atoms. The van der Waals surface area contributed by atoms with Crippen LogP contribution in [0.15, 0.2) is 44.9 Å². The number of cyclic esters (lactones) is 1. The van der Waals surface area contributed by atoms with Gasteiger partial charge in [0, 0.05) is 35.7 Å². The van der Waals surface area contributed by atoms with E-state index in [2.05, 4.69) is 0 Å². The van der Waals surface area contributed by atoms with Gasteiger partial charge in [-0.1, -0.05) is 35.0 Å². The second kappa shape index (κ2) is 13.5. The summed E-state index contributed by atoms with van der Waals surface area (Å²) in [5.74, 6) is 0.635. The van der Waals surface area contributed by atoms with Gasteiger partial charge in [-0.15, -0.1) is 0 Å². The highest BCUT2D eigenvalue weighted by atomic mass is 35.5. The monoisotopic (exact) mass is 673 g/mol. The van der Waals surface area contributed by atoms with Crippen LogP contribution in [0.4, 0.5) is 19.3 Å². The summed E-state index contributed by atoms with van der Waals surface area (Å²) in [6, 6.07) is 7.76. The number of methoxy groups -OCH3 is 1. The summed E-state index contributed by atoms with van der Waals surface area (Å²) >= 11 is 18.0. The molecule has 2 amide bonds. The molecule has 0 atom stereocenters. The zero-order valence-corrected chi connectivity index (χ0v) is 25.8. The Balaban J connectivity index is 0.000000198. The number of ether oxygens (including phenoxy) is 2. The summed E-state index contributed by atoms with van der Waals surface area (Å²) in [5.41, 5.74) is 1.77. The van der Waals surface area contributed by atoms with Crippen molar-refractivity contribution in [2.75, 3.05) is 25.2 Å². The Kier molecular flexibility index (Phi) is 10.3. The first-order valence-electron chi connectivity index (χ1n) is 12.6. The van der Waals surface area contributed by atoms with Crippen LogP contribution >= 0.6 is 46.6 Å². The standard InChI is InChI=1S/C14H8Cl3F2NO2S.C14H16N2O4/c1-6-9(4-10(14(17,18)19)20-13(6)22)23-12-8(15)3-2-7(5-21)11(12)16;1-19-13-6-11-8-15(9-17)7-10(11)5-12(13)16-3-2-4-20-14(16)18/h2-5H,1H3,(H,20,22);5-6,9H,2-4,7-8H2,1H3. The average Bonchev–Trinajstić information content (AvgIpc) is 3.39. The van der Waals surface area contributed by atoms with Crippen LogP contribution in [0, 0.1) is 6.92 Å². The Bertz CT molecular complexity index is 1630. The van der Waals surface area contributed by atoms with E-state index in [0.29, 0.717) is 44.0 Å². The molecule has 1 N–H and O–H groups in total. The van der Waals surface area contributed by atoms with Crippen LogP contribution in [0.5, 0.6) is 5.75 Å². The number of fused-ring (bicyclic) bond motifs is 1. The van der Waals surface area contributed by atoms with Crippen molar-refractivity contribution in [3.05, 3.63) is 78.7 Å². The number of aldehydes is 1. The minimum atomic E-state index is -3.72. The number of aromatic amines is 1. The quantitative estimate of drug-likeness (QED) is 0.218. The third-order valence-corrected chi connectivity index (χ3v) is 9.04. The van der Waals surface area contributed by atoms with Gasteiger partial charge in [0.2, 0.25) is 6.41 Å². The summed E-state index contributed by atoms with van der Waals surface area (Å²) in [6.45, 7) is 3.69. The summed E-state index contributed by atoms with van der Waals surface area (Å²) in [7, 11) is 1.58. The number of hydrogen-bond acceptors (Lipinski definition) is 7. The Hall–Kier alpha value is -3.32. The van der Waals surface area contributed by atoms with E-state index in [-0.39, 0.29) is 37.1 Å². The molecule has 228 valence electrons. The van der Waals surface area contributed by atoms with Crippen LogP contribution in [-0.2, 0) is 28.0 Å². The van der Waals surface area contributed by atoms with Crippen molar-refractivity contribution in [1.29, 1.82) is 0 Å². The zero-order valence-electron chi connectivity index (χ0n) is 22.7. The summed E-state index contributed by atoms with van der Waals surface area (Å²) < 4.78 is 37.0. The molecular formula is C28H24Cl3F2N3O6S. The molecule has 43 heavy (non-hydrogen) atoms. The van der Waals surface area contributed by atoms with Gasteiger partial charge in [0.1, 0.15) is 11.4 Å². The fourth-order valence-corrected chi connectivity index (χ4v) is 6.13. The number of nitrogens with zero attached hydrogens (tertiary/aromatic N) is 2. The van der Waals surface area contributed by atoms with Crippen molar-refractivity contribution in [1.82, 2.24) is 9.88 Å². The van der Waals surface area contributed by atoms with E-state index in [0.717, 1.165) is 41.8 Å². The number of benzene rings is 2. The zero-order chi connectivity index (χ0) is 31.5. The van der Waals surface area contributed by atoms with E-state index in [1.165, 1.54) is 19.1 Å². The summed E-state index contributed by atoms with van der Waals surface area (Å²) in [6.07, 6.45) is 1.83. The number of rotatable bonds is 7. The number of halogens is 5. The van der Waals surface area contributed by atoms with E-state index in [4.69, 9.17) is 44.3 Å². The smallest absolute Gasteiger partial charge is 0.414 e. The molecule has 2 aliphatic rings. The van der Waals surface area contributed by atoms with Crippen LogP contribution in [0.25, 0.3) is 0 Å². The molecule has 0 bridgehead atoms. The molecule has 0 aliphatic carbocycles. The number of anilines is 1. The third kappa shape index (κ3) is 7.26. The minimum absolute atomic E-state index is 0.0800. The van der Waals surface area contributed by atoms with Crippen LogP contribution in [-0.4, -0.2) is 48.9 Å². The molecule has 1 saturated heterocycles. The van der Waals surface area contributed by atoms with E-state index in [1.807, 2.05) is 17.1 Å². The highest BCUT2D eigenvalue weighted by Crippen LogP contribution is 2.42. The van der Waals surface area contributed by atoms with E-state index < -0.39 is 16.6 Å². The molecule has 5 rings (SSSR count). The largest absolute Gasteiger partial charge is 0.495 e. The molecule has 0 saturated carbocycles. The van der Waals surface area contributed by atoms with E-state index in [9.17, 15) is 28.0 Å². The maximum atomic E-state index is 13.2. The summed E-state index contributed by atoms with van der Waals surface area (Å²) in [4.78, 5) is 51.3. The van der Waals surface area contributed by atoms with Gasteiger partial charge in [-0.05, 0) is 66.4 Å². The van der Waals surface area contributed by atoms with Crippen LogP contribution in [0.1, 0.15) is 39.2 Å². The van der Waals surface area contributed by atoms with Gasteiger partial charge < -0.3 is 19.4 Å². The topological polar surface area (TPSA) is 109 Å². The number of nitrogens with one attached hydrogen (secondary N) is 1. The SMILES string of the molecule is COc1cc2c(cc1N1CCCOC1=O)CN(C=O)C2.Cc1c(Sc2c(Cl)ccc(C=O)c2Cl)cc(C(F)(F)Cl)[nH]c1=O. The molecule has 1 aromatic heterocycles. The van der Waals surface area contributed by atoms with E-state index >= 15 is 0 Å². The van der Waals surface area contributed by atoms with Crippen LogP contribution in [0.3, 0.4) is 0 Å². The van der Waals surface area contributed by atoms with Crippen LogP contribution < -0.4 is 15.2 Å². The number of aromatic nitrogens is 1. The molecule has 1 fully saturated rings. The second-order valence-electron chi connectivity index (χ2n) is 9.42. The minimum Gasteiger partial charge on any atom is -0.495 e. The Morgan fingerprint density at radius 2 is 1.81 bits per heavy atom. The lowest BCUT2D eigenvalue weighted by atomic mass is 10.1. The molecule has 15 heteroatoms. The molecule has 0 radical (unpaired) electrons. The van der Waals surface area contributed by atoms with Crippen molar-refractivity contribution in [2.24, 2.45) is 0 Å². The Labute approximate surface area is 264 Å². The summed E-state index contributed by atoms with van der Waals surface area (Å²) in [5, 5.41) is -3.42. The molecule has 3 aromatic rings. The highest BCUT2D eigenvalue weighted by molar-refractivity contribution is 7.99. The highest BCUT2D eigenvalue weighted by Gasteiger charge is 2.31. The Morgan fingerprint density at radius 1 is 1.12 bits per heavy atom. The van der Waals surface area contributed by atoms with Gasteiger partial charge in [-0.25, -0.2) is 4.79 Å². The number of hydrogen-bond donors (Lipinski definition) is 1. The van der Waals surface area contributed by atoms with Gasteiger partial charge in [-0.2, -0.15) is 8.78 Å². The molecule has 3 heterocycles. The van der Waals surface area contributed by atoms with Crippen molar-refractivity contribution < 1.29 is 32.6 Å². The maximum absolute atomic E-state index is 13.2. The second-order valence-corrected chi connectivity index (χ2v) is 11.7. The van der Waals surface area contributed by atoms with Crippen molar-refractivity contribution >= 4 is 71.0 Å². The normalized spacial score (nSPS) is 14.4. The Morgan fingerprint density at radius 3 is 2.42 bits per heavy atom. The molecule has 2 aliphatic heterocycles. The molecule has 2 aromatic carbocycles. The van der Waals surface area contributed by atoms with Gasteiger partial charge in [0.25, 0.3) is 5.56 Å². The predicted molar refractivity (Wildman–Crippen MR) is 159 cm³/mol. The van der Waals surface area contributed by atoms with Crippen molar-refractivity contribution in [3.63, 3.8) is 0 Å². The maximum Gasteiger partial charge on any atom is 0.414 e. The lowest BCUT2D eigenvalue weighted by Gasteiger charge is -2.28. The first-order chi connectivity index (χ1) is 20.4. The van der Waals surface area contributed by atoms with Crippen LogP contribution in [0.2, 0.25) is 10.0 Å². The average molecular weight is 675 g/mol. The number of carbonyl (C=O) groups excluding carboxylic acids is 3. The molecule has 0 unspecified atom stereocenters. The van der Waals surface area contributed by atoms with Crippen molar-refractivity contribution in [2.45, 2.75) is 41.6 Å². The lowest BCUT2D eigenvalue weighted by Crippen LogP contribution is -2.38. The number of H-pyrrole nitrogens is 1. The number of pyridine rings is 1. The van der Waals surface area contributed by atoms with Gasteiger partial charge >= 0.3 is 11.5 Å². The fourth-order valence-electron chi connectivity index (χ4n) is 4.37. The third-order valence-electron chi connectivity index (χ3n) is 6.62. The predicted octanol–water partition coefficient (Wildman–Crippen LogP) is 6.76. The first kappa shape index (κ1) is 32.6. The lowest BCUT2D eigenvalue weighted by molar-refractivity contribution is -0.118. The number of alkyl halides is 3. The van der Waals surface area contributed by atoms with Gasteiger partial charge in [0.15, 0.2) is 6.29 Å². The van der Waals surface area contributed by atoms with E-state index in [1.54, 1.807) is 16.9 Å². The number of carbonyl (C=O) groups is 3. The molecule has 9 nitrogen and oxygen atoms in total. The first-order valence-corrected chi connectivity index (χ1v) is 14.6. The van der Waals surface area contributed by atoms with Gasteiger partial charge in [0.05, 0.1) is 34.3 Å². The number of amides is 2. The van der Waals surface area contributed by atoms with Gasteiger partial charge in [-0.3, -0.25) is 19.3 Å². The fraction of sp³-hybridized carbons (Fsp3) is 0.286. The van der Waals surface area contributed by atoms with Crippen molar-refractivity contribution in [3.8, 4) is 5.75 Å².